The van der Waals surface area contributed by atoms with Gasteiger partial charge in [0.05, 0.1) is 19.7 Å². The Bertz CT molecular complexity index is 1880. The maximum absolute atomic E-state index is 14.0. The lowest BCUT2D eigenvalue weighted by Gasteiger charge is -2.27. The molecule has 0 spiro atoms. The first-order valence-electron chi connectivity index (χ1n) is 18.8. The molecule has 19 heteroatoms. The summed E-state index contributed by atoms with van der Waals surface area (Å²) in [6, 6.07) is 19.6. The first-order valence-corrected chi connectivity index (χ1v) is 18.8. The van der Waals surface area contributed by atoms with Gasteiger partial charge >= 0.3 is 0 Å². The van der Waals surface area contributed by atoms with Crippen LogP contribution in [0, 0.1) is 0 Å². The number of nitrogens with two attached hydrogens (primary N) is 4. The predicted octanol–water partition coefficient (Wildman–Crippen LogP) is -3.26. The van der Waals surface area contributed by atoms with Crippen LogP contribution < -0.4 is 54.8 Å². The fraction of sp³-hybridized carbons (Fsp3) is 0.350. The number of nitrogens with one attached hydrogen (secondary N) is 6. The summed E-state index contributed by atoms with van der Waals surface area (Å²) in [6.45, 7) is -1.61. The Balaban J connectivity index is 1.83. The van der Waals surface area contributed by atoms with E-state index < -0.39 is 84.7 Å². The molecule has 3 aromatic rings. The largest absolute Gasteiger partial charge is 0.394 e. The van der Waals surface area contributed by atoms with Gasteiger partial charge in [-0.1, -0.05) is 91.0 Å². The van der Waals surface area contributed by atoms with E-state index in [4.69, 9.17) is 22.9 Å². The molecular formula is C40H53N11O8. The number of carbonyl (C=O) groups excluding carboxylic acids is 7. The quantitative estimate of drug-likeness (QED) is 0.0242. The van der Waals surface area contributed by atoms with Crippen molar-refractivity contribution in [2.75, 3.05) is 26.2 Å². The fourth-order valence-corrected chi connectivity index (χ4v) is 5.74. The van der Waals surface area contributed by atoms with Crippen LogP contribution in [0.5, 0.6) is 0 Å². The highest BCUT2D eigenvalue weighted by Crippen LogP contribution is 2.09. The molecule has 0 aliphatic carbocycles. The zero-order valence-electron chi connectivity index (χ0n) is 32.5. The van der Waals surface area contributed by atoms with Gasteiger partial charge in [0.2, 0.25) is 41.4 Å². The van der Waals surface area contributed by atoms with E-state index in [1.54, 1.807) is 91.0 Å². The Kier molecular flexibility index (Phi) is 19.5. The molecule has 59 heavy (non-hydrogen) atoms. The maximum Gasteiger partial charge on any atom is 0.245 e. The number of primary amides is 1. The van der Waals surface area contributed by atoms with Gasteiger partial charge in [-0.25, -0.2) is 0 Å². The summed E-state index contributed by atoms with van der Waals surface area (Å²) in [6.07, 6.45) is 0.225. The van der Waals surface area contributed by atoms with E-state index in [-0.39, 0.29) is 51.2 Å². The van der Waals surface area contributed by atoms with E-state index in [0.717, 1.165) is 5.56 Å². The monoisotopic (exact) mass is 815 g/mol. The molecule has 0 radical (unpaired) electrons. The van der Waals surface area contributed by atoms with Crippen LogP contribution in [0.1, 0.15) is 29.5 Å². The Morgan fingerprint density at radius 1 is 0.542 bits per heavy atom. The van der Waals surface area contributed by atoms with Gasteiger partial charge in [0.25, 0.3) is 0 Å². The van der Waals surface area contributed by atoms with Crippen LogP contribution in [0.3, 0.4) is 0 Å². The van der Waals surface area contributed by atoms with Crippen molar-refractivity contribution < 1.29 is 38.7 Å². The first kappa shape index (κ1) is 46.5. The van der Waals surface area contributed by atoms with E-state index in [9.17, 15) is 38.7 Å². The summed E-state index contributed by atoms with van der Waals surface area (Å²) in [5.41, 5.74) is 23.8. The number of guanidine groups is 1. The third kappa shape index (κ3) is 17.0. The second-order valence-electron chi connectivity index (χ2n) is 13.4. The molecule has 316 valence electrons. The van der Waals surface area contributed by atoms with Crippen molar-refractivity contribution in [3.8, 4) is 0 Å². The number of benzene rings is 3. The number of hydrogen-bond donors (Lipinski definition) is 11. The maximum atomic E-state index is 14.0. The lowest BCUT2D eigenvalue weighted by Crippen LogP contribution is -2.60. The van der Waals surface area contributed by atoms with Crippen LogP contribution >= 0.6 is 0 Å². The Morgan fingerprint density at radius 3 is 1.41 bits per heavy atom. The topological polar surface area (TPSA) is 328 Å². The van der Waals surface area contributed by atoms with Gasteiger partial charge in [-0.05, 0) is 29.5 Å². The van der Waals surface area contributed by atoms with Crippen LogP contribution in [0.2, 0.25) is 0 Å². The number of aliphatic hydroxyl groups is 1. The normalized spacial score (nSPS) is 13.2. The van der Waals surface area contributed by atoms with Crippen molar-refractivity contribution in [1.82, 2.24) is 31.9 Å². The molecule has 0 aromatic heterocycles. The summed E-state index contributed by atoms with van der Waals surface area (Å²) in [5, 5.41) is 25.4. The number of aliphatic imine (C=N–C) groups is 1. The Morgan fingerprint density at radius 2 is 0.949 bits per heavy atom. The summed E-state index contributed by atoms with van der Waals surface area (Å²) >= 11 is 0. The molecule has 19 nitrogen and oxygen atoms in total. The summed E-state index contributed by atoms with van der Waals surface area (Å²) in [5.74, 6) is -5.62. The third-order valence-corrected chi connectivity index (χ3v) is 8.82. The molecule has 3 rings (SSSR count). The highest BCUT2D eigenvalue weighted by atomic mass is 16.3. The van der Waals surface area contributed by atoms with Crippen molar-refractivity contribution in [2.24, 2.45) is 27.9 Å². The molecule has 0 aliphatic rings. The molecular weight excluding hydrogens is 763 g/mol. The molecule has 7 amide bonds. The smallest absolute Gasteiger partial charge is 0.245 e. The number of carbonyl (C=O) groups is 7. The number of aliphatic hydroxyl groups excluding tert-OH is 1. The van der Waals surface area contributed by atoms with Gasteiger partial charge in [0, 0.05) is 25.8 Å². The van der Waals surface area contributed by atoms with E-state index in [1.165, 1.54) is 0 Å². The van der Waals surface area contributed by atoms with Gasteiger partial charge in [-0.2, -0.15) is 0 Å². The highest BCUT2D eigenvalue weighted by molar-refractivity contribution is 5.97. The molecule has 0 aliphatic heterocycles. The molecule has 0 heterocycles. The molecule has 0 bridgehead atoms. The average molecular weight is 816 g/mol. The fourth-order valence-electron chi connectivity index (χ4n) is 5.74. The van der Waals surface area contributed by atoms with Crippen LogP contribution in [0.4, 0.5) is 0 Å². The van der Waals surface area contributed by atoms with Gasteiger partial charge in [-0.3, -0.25) is 38.6 Å². The van der Waals surface area contributed by atoms with Crippen LogP contribution in [-0.4, -0.2) is 109 Å². The van der Waals surface area contributed by atoms with Gasteiger partial charge < -0.3 is 59.9 Å². The number of rotatable bonds is 24. The number of hydrogen-bond acceptors (Lipinski definition) is 10. The second-order valence-corrected chi connectivity index (χ2v) is 13.4. The van der Waals surface area contributed by atoms with Crippen molar-refractivity contribution in [2.45, 2.75) is 62.3 Å². The zero-order chi connectivity index (χ0) is 43.2. The minimum Gasteiger partial charge on any atom is -0.394 e. The van der Waals surface area contributed by atoms with E-state index in [0.29, 0.717) is 11.1 Å². The van der Waals surface area contributed by atoms with Gasteiger partial charge in [0.15, 0.2) is 5.96 Å². The van der Waals surface area contributed by atoms with Gasteiger partial charge in [0.1, 0.15) is 30.2 Å². The minimum atomic E-state index is -1.60. The van der Waals surface area contributed by atoms with Crippen LogP contribution in [0.25, 0.3) is 0 Å². The summed E-state index contributed by atoms with van der Waals surface area (Å²) in [4.78, 5) is 95.7. The van der Waals surface area contributed by atoms with Gasteiger partial charge in [-0.15, -0.1) is 0 Å². The summed E-state index contributed by atoms with van der Waals surface area (Å²) < 4.78 is 0. The zero-order valence-corrected chi connectivity index (χ0v) is 32.5. The molecule has 15 N–H and O–H groups in total. The average Bonchev–Trinajstić information content (AvgIpc) is 3.22. The van der Waals surface area contributed by atoms with E-state index in [2.05, 4.69) is 36.9 Å². The van der Waals surface area contributed by atoms with E-state index in [1.807, 2.05) is 0 Å². The predicted molar refractivity (Wildman–Crippen MR) is 218 cm³/mol. The standard InChI is InChI=1S/C40H53N11O8/c41-22-33(53)46-23-34(54)47-30(20-26-13-6-2-7-14-26)37(57)51-32(24-52)39(59)50-31(21-27-15-8-3-9-16-27)38(58)48-28(17-10-18-45-40(43)44)36(56)49-29(35(42)55)19-25-11-4-1-5-12-25/h1-9,11-16,28-32,52H,10,17-24,41H2,(H2,42,55)(H,46,53)(H,47,54)(H,48,58)(H,49,56)(H,50,59)(H,51,57)(H4,43,44,45)/t28-,29?,30-,31-,32-/m0/s1. The second kappa shape index (κ2) is 24.7. The molecule has 1 unspecified atom stereocenters. The van der Waals surface area contributed by atoms with Crippen LogP contribution in [0.15, 0.2) is 96.0 Å². The van der Waals surface area contributed by atoms with Crippen molar-refractivity contribution in [3.05, 3.63) is 108 Å². The van der Waals surface area contributed by atoms with E-state index >= 15 is 0 Å². The summed E-state index contributed by atoms with van der Waals surface area (Å²) in [7, 11) is 0. The Hall–Kier alpha value is -6.86. The highest BCUT2D eigenvalue weighted by Gasteiger charge is 2.32. The van der Waals surface area contributed by atoms with Crippen molar-refractivity contribution in [1.29, 1.82) is 0 Å². The molecule has 0 fully saturated rings. The molecule has 3 aromatic carbocycles. The lowest BCUT2D eigenvalue weighted by atomic mass is 10.0. The first-order chi connectivity index (χ1) is 28.3. The SMILES string of the molecule is NCC(=O)NCC(=O)N[C@@H](Cc1ccccc1)C(=O)N[C@@H](CO)C(=O)N[C@@H](Cc1ccccc1)C(=O)N[C@@H](CCCN=C(N)N)C(=O)NC(Cc1ccccc1)C(N)=O. The lowest BCUT2D eigenvalue weighted by molar-refractivity contribution is -0.135. The van der Waals surface area contributed by atoms with Crippen LogP contribution in [-0.2, 0) is 52.8 Å². The Labute approximate surface area is 341 Å². The number of nitrogens with zero attached hydrogens (tertiary/aromatic N) is 1. The van der Waals surface area contributed by atoms with Crippen molar-refractivity contribution in [3.63, 3.8) is 0 Å². The van der Waals surface area contributed by atoms with Crippen molar-refractivity contribution >= 4 is 47.3 Å². The third-order valence-electron chi connectivity index (χ3n) is 8.82. The molecule has 0 saturated carbocycles. The molecule has 5 atom stereocenters. The minimum absolute atomic E-state index is 0.0108. The molecule has 0 saturated heterocycles. The number of amides is 7.